The molecule has 0 aromatic carbocycles. The Morgan fingerprint density at radius 3 is 2.48 bits per heavy atom. The van der Waals surface area contributed by atoms with Gasteiger partial charge in [-0.15, -0.1) is 0 Å². The van der Waals surface area contributed by atoms with Gasteiger partial charge in [-0.25, -0.2) is 4.79 Å². The number of ether oxygens (including phenoxy) is 2. The molecule has 0 radical (unpaired) electrons. The van der Waals surface area contributed by atoms with E-state index in [0.717, 1.165) is 12.0 Å². The number of rotatable bonds is 6. The smallest absolute Gasteiger partial charge is 0.410 e. The van der Waals surface area contributed by atoms with Crippen molar-refractivity contribution in [3.63, 3.8) is 0 Å². The van der Waals surface area contributed by atoms with Crippen molar-refractivity contribution >= 4 is 23.6 Å². The molecule has 1 aliphatic heterocycles. The predicted octanol–water partition coefficient (Wildman–Crippen LogP) is 3.23. The zero-order valence-electron chi connectivity index (χ0n) is 17.9. The fraction of sp³-hybridized carbons (Fsp3) is 0.636. The highest BCUT2D eigenvalue weighted by Gasteiger charge is 2.44. The van der Waals surface area contributed by atoms with Gasteiger partial charge in [0.2, 0.25) is 0 Å². The molecule has 0 N–H and O–H groups in total. The van der Waals surface area contributed by atoms with Crippen LogP contribution in [0.4, 0.5) is 4.79 Å². The van der Waals surface area contributed by atoms with Crippen molar-refractivity contribution in [2.24, 2.45) is 11.8 Å². The Morgan fingerprint density at radius 1 is 1.24 bits per heavy atom. The SMILES string of the molecule is CC(=O)C(C(=O)OC(C)(C)C)C(=O)C1CCCN1C(=O)OCC1=CCC(C)C=C1. The lowest BCUT2D eigenvalue weighted by Gasteiger charge is -2.27. The highest BCUT2D eigenvalue weighted by atomic mass is 16.6. The summed E-state index contributed by atoms with van der Waals surface area (Å²) >= 11 is 0. The molecule has 0 saturated carbocycles. The third-order valence-electron chi connectivity index (χ3n) is 4.90. The van der Waals surface area contributed by atoms with Crippen molar-refractivity contribution in [1.82, 2.24) is 4.90 Å². The molecule has 1 fully saturated rings. The first-order valence-corrected chi connectivity index (χ1v) is 10.1. The molecule has 160 valence electrons. The molecule has 0 spiro atoms. The number of carbonyl (C=O) groups excluding carboxylic acids is 4. The number of hydrogen-bond acceptors (Lipinski definition) is 6. The van der Waals surface area contributed by atoms with Crippen LogP contribution in [0, 0.1) is 11.8 Å². The first-order chi connectivity index (χ1) is 13.5. The standard InChI is InChI=1S/C22H31NO6/c1-14-8-10-16(11-9-14)13-28-21(27)23-12-6-7-17(23)19(25)18(15(2)24)20(26)29-22(3,4)5/h8,10-11,14,17-18H,6-7,9,12-13H2,1-5H3. The van der Waals surface area contributed by atoms with Gasteiger partial charge in [-0.2, -0.15) is 0 Å². The van der Waals surface area contributed by atoms with Crippen molar-refractivity contribution in [2.75, 3.05) is 13.2 Å². The number of likely N-dealkylation sites (tertiary alicyclic amines) is 1. The second kappa shape index (κ2) is 9.37. The summed E-state index contributed by atoms with van der Waals surface area (Å²) in [4.78, 5) is 51.3. The van der Waals surface area contributed by atoms with Crippen LogP contribution in [0.1, 0.15) is 53.9 Å². The number of hydrogen-bond donors (Lipinski definition) is 0. The maximum absolute atomic E-state index is 13.0. The van der Waals surface area contributed by atoms with E-state index in [2.05, 4.69) is 13.0 Å². The number of carbonyl (C=O) groups is 4. The van der Waals surface area contributed by atoms with Gasteiger partial charge in [0.15, 0.2) is 17.5 Å². The van der Waals surface area contributed by atoms with Gasteiger partial charge in [-0.05, 0) is 58.4 Å². The number of ketones is 2. The zero-order valence-corrected chi connectivity index (χ0v) is 17.9. The normalized spacial score (nSPS) is 22.7. The molecule has 1 heterocycles. The van der Waals surface area contributed by atoms with Crippen molar-refractivity contribution < 1.29 is 28.7 Å². The van der Waals surface area contributed by atoms with E-state index in [-0.39, 0.29) is 6.61 Å². The molecule has 1 amide bonds. The number of nitrogens with zero attached hydrogens (tertiary/aromatic N) is 1. The Balaban J connectivity index is 2.04. The Labute approximate surface area is 172 Å². The minimum atomic E-state index is -1.53. The average molecular weight is 405 g/mol. The fourth-order valence-corrected chi connectivity index (χ4v) is 3.42. The number of allylic oxidation sites excluding steroid dienone is 2. The predicted molar refractivity (Wildman–Crippen MR) is 107 cm³/mol. The van der Waals surface area contributed by atoms with Crippen LogP contribution in [0.25, 0.3) is 0 Å². The molecule has 29 heavy (non-hydrogen) atoms. The first kappa shape index (κ1) is 22.8. The van der Waals surface area contributed by atoms with Gasteiger partial charge in [0, 0.05) is 6.54 Å². The van der Waals surface area contributed by atoms with E-state index in [1.807, 2.05) is 12.2 Å². The van der Waals surface area contributed by atoms with Crippen LogP contribution in [-0.4, -0.2) is 53.3 Å². The molecule has 0 bridgehead atoms. The summed E-state index contributed by atoms with van der Waals surface area (Å²) in [6, 6.07) is -0.861. The summed E-state index contributed by atoms with van der Waals surface area (Å²) in [5, 5.41) is 0. The highest BCUT2D eigenvalue weighted by Crippen LogP contribution is 2.25. The second-order valence-corrected chi connectivity index (χ2v) is 8.74. The van der Waals surface area contributed by atoms with Crippen molar-refractivity contribution in [2.45, 2.75) is 65.5 Å². The molecule has 3 atom stereocenters. The van der Waals surface area contributed by atoms with Crippen LogP contribution >= 0.6 is 0 Å². The maximum Gasteiger partial charge on any atom is 0.410 e. The van der Waals surface area contributed by atoms with Gasteiger partial charge in [-0.1, -0.05) is 25.2 Å². The van der Waals surface area contributed by atoms with Crippen LogP contribution in [0.5, 0.6) is 0 Å². The third-order valence-corrected chi connectivity index (χ3v) is 4.90. The van der Waals surface area contributed by atoms with Crippen LogP contribution in [0.15, 0.2) is 23.8 Å². The lowest BCUT2D eigenvalue weighted by molar-refractivity contribution is -0.164. The quantitative estimate of drug-likeness (QED) is 0.498. The molecule has 2 aliphatic rings. The molecule has 0 aromatic rings. The molecular formula is C22H31NO6. The lowest BCUT2D eigenvalue weighted by Crippen LogP contribution is -2.48. The monoisotopic (exact) mass is 405 g/mol. The van der Waals surface area contributed by atoms with E-state index >= 15 is 0 Å². The van der Waals surface area contributed by atoms with Crippen LogP contribution < -0.4 is 0 Å². The largest absolute Gasteiger partial charge is 0.459 e. The Morgan fingerprint density at radius 2 is 1.93 bits per heavy atom. The zero-order chi connectivity index (χ0) is 21.8. The van der Waals surface area contributed by atoms with Crippen LogP contribution in [0.2, 0.25) is 0 Å². The Bertz CT molecular complexity index is 730. The molecule has 3 unspecified atom stereocenters. The average Bonchev–Trinajstić information content (AvgIpc) is 3.09. The summed E-state index contributed by atoms with van der Waals surface area (Å²) in [7, 11) is 0. The minimum Gasteiger partial charge on any atom is -0.459 e. The molecule has 2 rings (SSSR count). The Kier molecular flexibility index (Phi) is 7.38. The van der Waals surface area contributed by atoms with E-state index in [1.54, 1.807) is 20.8 Å². The second-order valence-electron chi connectivity index (χ2n) is 8.74. The summed E-state index contributed by atoms with van der Waals surface area (Å²) in [5.41, 5.74) is 0.0897. The Hall–Kier alpha value is -2.44. The van der Waals surface area contributed by atoms with Crippen LogP contribution in [0.3, 0.4) is 0 Å². The molecule has 1 saturated heterocycles. The van der Waals surface area contributed by atoms with Crippen molar-refractivity contribution in [1.29, 1.82) is 0 Å². The minimum absolute atomic E-state index is 0.127. The van der Waals surface area contributed by atoms with Gasteiger partial charge >= 0.3 is 12.1 Å². The third kappa shape index (κ3) is 6.27. The highest BCUT2D eigenvalue weighted by molar-refractivity contribution is 6.18. The summed E-state index contributed by atoms with van der Waals surface area (Å²) in [5.74, 6) is -3.13. The van der Waals surface area contributed by atoms with E-state index in [4.69, 9.17) is 9.47 Å². The molecule has 0 aromatic heterocycles. The van der Waals surface area contributed by atoms with E-state index in [1.165, 1.54) is 11.8 Å². The van der Waals surface area contributed by atoms with Gasteiger partial charge < -0.3 is 9.47 Å². The topological polar surface area (TPSA) is 90.0 Å². The summed E-state index contributed by atoms with van der Waals surface area (Å²) < 4.78 is 10.6. The van der Waals surface area contributed by atoms with Gasteiger partial charge in [0.1, 0.15) is 12.2 Å². The summed E-state index contributed by atoms with van der Waals surface area (Å²) in [6.07, 6.45) is 7.29. The molecule has 7 heteroatoms. The van der Waals surface area contributed by atoms with Gasteiger partial charge in [0.05, 0.1) is 6.04 Å². The van der Waals surface area contributed by atoms with Gasteiger partial charge in [0.25, 0.3) is 0 Å². The molecule has 7 nitrogen and oxygen atoms in total. The lowest BCUT2D eigenvalue weighted by atomic mass is 9.93. The molecule has 1 aliphatic carbocycles. The van der Waals surface area contributed by atoms with E-state index in [0.29, 0.717) is 25.3 Å². The fourth-order valence-electron chi connectivity index (χ4n) is 3.42. The first-order valence-electron chi connectivity index (χ1n) is 10.1. The number of esters is 1. The number of Topliss-reactive ketones (excluding diaryl/α,β-unsaturated/α-hetero) is 2. The van der Waals surface area contributed by atoms with Crippen molar-refractivity contribution in [3.05, 3.63) is 23.8 Å². The summed E-state index contributed by atoms with van der Waals surface area (Å²) in [6.45, 7) is 8.77. The molecular weight excluding hydrogens is 374 g/mol. The van der Waals surface area contributed by atoms with E-state index < -0.39 is 41.2 Å². The maximum atomic E-state index is 13.0. The number of amides is 1. The van der Waals surface area contributed by atoms with Crippen LogP contribution in [-0.2, 0) is 23.9 Å². The van der Waals surface area contributed by atoms with E-state index in [9.17, 15) is 19.2 Å². The van der Waals surface area contributed by atoms with Gasteiger partial charge in [-0.3, -0.25) is 19.3 Å². The van der Waals surface area contributed by atoms with Crippen molar-refractivity contribution in [3.8, 4) is 0 Å².